The quantitative estimate of drug-likeness (QED) is 0.0686. The van der Waals surface area contributed by atoms with E-state index in [9.17, 15) is 31.9 Å². The molecule has 0 aromatic heterocycles. The molecule has 2 fully saturated rings. The summed E-state index contributed by atoms with van der Waals surface area (Å²) in [6.07, 6.45) is 0.535. The van der Waals surface area contributed by atoms with Crippen LogP contribution in [0.2, 0.25) is 5.02 Å². The lowest BCUT2D eigenvalue weighted by Gasteiger charge is -2.33. The summed E-state index contributed by atoms with van der Waals surface area (Å²) in [6, 6.07) is 12.4. The summed E-state index contributed by atoms with van der Waals surface area (Å²) in [5, 5.41) is 4.55. The highest BCUT2D eigenvalue weighted by atomic mass is 35.5. The topological polar surface area (TPSA) is 93.7 Å². The van der Waals surface area contributed by atoms with Crippen LogP contribution in [0.1, 0.15) is 33.6 Å². The first kappa shape index (κ1) is 35.7. The second-order valence-electron chi connectivity index (χ2n) is 11.6. The Labute approximate surface area is 296 Å². The van der Waals surface area contributed by atoms with E-state index >= 15 is 4.39 Å². The molecule has 6 rings (SSSR count). The van der Waals surface area contributed by atoms with Gasteiger partial charge in [0.2, 0.25) is 0 Å². The number of anilines is 2. The minimum Gasteiger partial charge on any atom is -0.425 e. The third kappa shape index (κ3) is 8.43. The molecule has 2 amide bonds. The number of hydrogen-bond acceptors (Lipinski definition) is 7. The van der Waals surface area contributed by atoms with Crippen molar-refractivity contribution in [3.8, 4) is 5.75 Å². The van der Waals surface area contributed by atoms with Crippen molar-refractivity contribution in [1.29, 1.82) is 0 Å². The highest BCUT2D eigenvalue weighted by molar-refractivity contribution is 8.00. The first-order valence-corrected chi connectivity index (χ1v) is 17.4. The number of carbonyl (C=O) groups excluding carboxylic acids is 3. The summed E-state index contributed by atoms with van der Waals surface area (Å²) in [5.74, 6) is -6.46. The maximum Gasteiger partial charge on any atom is 0.314 e. The largest absolute Gasteiger partial charge is 0.425 e. The lowest BCUT2D eigenvalue weighted by molar-refractivity contribution is -0.141. The molecule has 2 aliphatic rings. The number of carbonyl (C=O) groups is 3. The van der Waals surface area contributed by atoms with E-state index in [1.807, 2.05) is 0 Å². The van der Waals surface area contributed by atoms with Crippen molar-refractivity contribution >= 4 is 64.3 Å². The zero-order valence-electron chi connectivity index (χ0n) is 25.7. The third-order valence-electron chi connectivity index (χ3n) is 7.94. The monoisotopic (exact) mass is 748 g/mol. The van der Waals surface area contributed by atoms with E-state index in [2.05, 4.69) is 10.6 Å². The molecule has 50 heavy (non-hydrogen) atoms. The number of esters is 1. The standard InChI is InChI=1S/C35H26ClF5N2O5S2/c36-24-10-20(2-5-25(24)37)43-34(45)23-12-31(49-16-17-14-47-15-17)29(41)13-30(23)48-35(46)19-7-22(8-19)50-32-9-18(1-4-27(32)39)33(44)42-21-3-6-26(38)28(40)11-21/h1-6,9-13,17,19,22H,7-8,14-16H2,(H,42,44)(H,43,45). The Bertz CT molecular complexity index is 1980. The fourth-order valence-corrected chi connectivity index (χ4v) is 7.58. The second kappa shape index (κ2) is 15.4. The van der Waals surface area contributed by atoms with E-state index in [-0.39, 0.29) is 67.1 Å². The van der Waals surface area contributed by atoms with Crippen molar-refractivity contribution in [1.82, 2.24) is 0 Å². The fraction of sp³-hybridized carbons (Fsp3) is 0.229. The maximum absolute atomic E-state index is 15.2. The number of amides is 2. The average molecular weight is 749 g/mol. The molecule has 4 aromatic rings. The number of thioether (sulfide) groups is 2. The predicted molar refractivity (Wildman–Crippen MR) is 180 cm³/mol. The van der Waals surface area contributed by atoms with Crippen LogP contribution in [-0.4, -0.2) is 42.0 Å². The van der Waals surface area contributed by atoms with E-state index in [1.54, 1.807) is 0 Å². The Morgan fingerprint density at radius 3 is 2.12 bits per heavy atom. The van der Waals surface area contributed by atoms with Gasteiger partial charge in [0.1, 0.15) is 23.2 Å². The van der Waals surface area contributed by atoms with Gasteiger partial charge >= 0.3 is 5.97 Å². The van der Waals surface area contributed by atoms with Crippen LogP contribution in [0.15, 0.2) is 76.5 Å². The zero-order valence-corrected chi connectivity index (χ0v) is 28.1. The number of rotatable bonds is 11. The summed E-state index contributed by atoms with van der Waals surface area (Å²) in [7, 11) is 0. The van der Waals surface area contributed by atoms with Gasteiger partial charge in [0, 0.05) is 55.8 Å². The van der Waals surface area contributed by atoms with Crippen LogP contribution in [0.5, 0.6) is 5.75 Å². The molecule has 0 atom stereocenters. The summed E-state index contributed by atoms with van der Waals surface area (Å²) >= 11 is 8.15. The Hall–Kier alpha value is -4.11. The van der Waals surface area contributed by atoms with Gasteiger partial charge in [0.15, 0.2) is 11.6 Å². The minimum atomic E-state index is -1.14. The van der Waals surface area contributed by atoms with Crippen molar-refractivity contribution < 1.29 is 45.8 Å². The first-order chi connectivity index (χ1) is 23.9. The fourth-order valence-electron chi connectivity index (χ4n) is 5.01. The molecule has 1 aliphatic carbocycles. The number of ether oxygens (including phenoxy) is 2. The number of halogens is 6. The van der Waals surface area contributed by atoms with Gasteiger partial charge in [0.05, 0.1) is 29.7 Å². The Morgan fingerprint density at radius 1 is 0.760 bits per heavy atom. The minimum absolute atomic E-state index is 0.0188. The van der Waals surface area contributed by atoms with E-state index < -0.39 is 52.8 Å². The van der Waals surface area contributed by atoms with Crippen molar-refractivity contribution in [3.63, 3.8) is 0 Å². The van der Waals surface area contributed by atoms with Gasteiger partial charge in [-0.15, -0.1) is 23.5 Å². The maximum atomic E-state index is 15.2. The van der Waals surface area contributed by atoms with Gasteiger partial charge in [-0.1, -0.05) is 11.6 Å². The molecule has 2 N–H and O–H groups in total. The molecule has 7 nitrogen and oxygen atoms in total. The van der Waals surface area contributed by atoms with Gasteiger partial charge in [-0.2, -0.15) is 0 Å². The summed E-state index contributed by atoms with van der Waals surface area (Å²) in [6.45, 7) is 1.10. The highest BCUT2D eigenvalue weighted by Gasteiger charge is 2.38. The average Bonchev–Trinajstić information content (AvgIpc) is 3.03. The normalized spacial score (nSPS) is 17.0. The number of nitrogens with one attached hydrogen (secondary N) is 2. The molecule has 0 radical (unpaired) electrons. The Kier molecular flexibility index (Phi) is 11.0. The molecule has 1 saturated carbocycles. The Balaban J connectivity index is 1.11. The van der Waals surface area contributed by atoms with Crippen LogP contribution in [0.3, 0.4) is 0 Å². The molecular formula is C35H26ClF5N2O5S2. The molecule has 0 spiro atoms. The zero-order chi connectivity index (χ0) is 35.5. The molecule has 1 heterocycles. The molecule has 1 aliphatic heterocycles. The van der Waals surface area contributed by atoms with Crippen molar-refractivity contribution in [2.75, 3.05) is 29.6 Å². The van der Waals surface area contributed by atoms with E-state index in [1.165, 1.54) is 48.2 Å². The van der Waals surface area contributed by atoms with Gasteiger partial charge in [0.25, 0.3) is 11.8 Å². The number of benzene rings is 4. The van der Waals surface area contributed by atoms with Crippen molar-refractivity contribution in [2.45, 2.75) is 27.9 Å². The third-order valence-corrected chi connectivity index (χ3v) is 10.8. The van der Waals surface area contributed by atoms with E-state index in [4.69, 9.17) is 21.1 Å². The second-order valence-corrected chi connectivity index (χ2v) is 14.4. The highest BCUT2D eigenvalue weighted by Crippen LogP contribution is 2.43. The van der Waals surface area contributed by atoms with Crippen LogP contribution in [0.25, 0.3) is 0 Å². The van der Waals surface area contributed by atoms with E-state index in [0.29, 0.717) is 19.0 Å². The predicted octanol–water partition coefficient (Wildman–Crippen LogP) is 8.75. The molecule has 260 valence electrons. The van der Waals surface area contributed by atoms with Crippen LogP contribution < -0.4 is 15.4 Å². The smallest absolute Gasteiger partial charge is 0.314 e. The van der Waals surface area contributed by atoms with Crippen LogP contribution >= 0.6 is 35.1 Å². The molecule has 4 aromatic carbocycles. The summed E-state index contributed by atoms with van der Waals surface area (Å²) in [5.41, 5.74) is 0.136. The SMILES string of the molecule is O=C(Nc1ccc(F)c(F)c1)c1ccc(F)c(SC2CC(C(=O)Oc3cc(F)c(SCC4COC4)cc3C(=O)Nc3ccc(F)c(Cl)c3)C2)c1. The lowest BCUT2D eigenvalue weighted by atomic mass is 9.85. The summed E-state index contributed by atoms with van der Waals surface area (Å²) in [4.78, 5) is 39.5. The van der Waals surface area contributed by atoms with Crippen molar-refractivity contribution in [2.24, 2.45) is 11.8 Å². The van der Waals surface area contributed by atoms with Gasteiger partial charge in [-0.3, -0.25) is 14.4 Å². The molecule has 1 saturated heterocycles. The molecule has 0 bridgehead atoms. The van der Waals surface area contributed by atoms with E-state index in [0.717, 1.165) is 42.1 Å². The van der Waals surface area contributed by atoms with Gasteiger partial charge < -0.3 is 20.1 Å². The lowest BCUT2D eigenvalue weighted by Crippen LogP contribution is -2.35. The van der Waals surface area contributed by atoms with Crippen LogP contribution in [-0.2, 0) is 9.53 Å². The van der Waals surface area contributed by atoms with Crippen LogP contribution in [0.4, 0.5) is 33.3 Å². The molecular weight excluding hydrogens is 723 g/mol. The van der Waals surface area contributed by atoms with Gasteiger partial charge in [-0.05, 0) is 67.4 Å². The number of hydrogen-bond donors (Lipinski definition) is 2. The first-order valence-electron chi connectivity index (χ1n) is 15.2. The Morgan fingerprint density at radius 2 is 1.44 bits per heavy atom. The molecule has 0 unspecified atom stereocenters. The molecule has 15 heteroatoms. The summed E-state index contributed by atoms with van der Waals surface area (Å²) < 4.78 is 81.0. The van der Waals surface area contributed by atoms with Crippen molar-refractivity contribution in [3.05, 3.63) is 112 Å². The van der Waals surface area contributed by atoms with Crippen LogP contribution in [0, 0.1) is 40.9 Å². The van der Waals surface area contributed by atoms with Gasteiger partial charge in [-0.25, -0.2) is 22.0 Å².